The Morgan fingerprint density at radius 3 is 0.839 bits per heavy atom. The summed E-state index contributed by atoms with van der Waals surface area (Å²) in [5.74, 6) is -2.93. The molecule has 0 fully saturated rings. The summed E-state index contributed by atoms with van der Waals surface area (Å²) in [7, 11) is 2.84. The number of urea groups is 2. The maximum Gasteiger partial charge on any atom is 0.321 e. The molecular formula is C34H44I6N8O14. The van der Waals surface area contributed by atoms with Crippen molar-refractivity contribution >= 4 is 183 Å². The number of hydrogen-bond donors (Lipinski definition) is 14. The van der Waals surface area contributed by atoms with Gasteiger partial charge in [0, 0.05) is 60.5 Å². The highest BCUT2D eigenvalue weighted by Crippen LogP contribution is 2.37. The normalized spacial score (nSPS) is 13.0. The summed E-state index contributed by atoms with van der Waals surface area (Å²) < 4.78 is 1.20. The first-order valence-corrected chi connectivity index (χ1v) is 24.3. The van der Waals surface area contributed by atoms with Gasteiger partial charge in [0.25, 0.3) is 23.6 Å². The first-order valence-electron chi connectivity index (χ1n) is 17.8. The number of benzene rings is 2. The molecular weight excluding hydrogens is 1510 g/mol. The number of nitrogens with zero attached hydrogens (tertiary/aromatic N) is 2. The Morgan fingerprint density at radius 1 is 0.435 bits per heavy atom. The van der Waals surface area contributed by atoms with Crippen LogP contribution in [0, 0.1) is 21.4 Å². The maximum absolute atomic E-state index is 13.6. The quantitative estimate of drug-likeness (QED) is 0.0687. The predicted molar refractivity (Wildman–Crippen MR) is 274 cm³/mol. The van der Waals surface area contributed by atoms with Gasteiger partial charge in [-0.25, -0.2) is 9.59 Å². The van der Waals surface area contributed by atoms with Gasteiger partial charge in [-0.1, -0.05) is 0 Å². The number of aliphatic hydroxyl groups excluding tert-OH is 8. The minimum absolute atomic E-state index is 0.0365. The number of aliphatic hydroxyl groups is 8. The van der Waals surface area contributed by atoms with E-state index < -0.39 is 86.5 Å². The highest BCUT2D eigenvalue weighted by Gasteiger charge is 2.31. The smallest absolute Gasteiger partial charge is 0.321 e. The van der Waals surface area contributed by atoms with E-state index in [4.69, 9.17) is 0 Å². The van der Waals surface area contributed by atoms with Crippen molar-refractivity contribution in [2.75, 3.05) is 90.4 Å². The Balaban J connectivity index is 2.43. The molecule has 2 aromatic rings. The Labute approximate surface area is 436 Å². The van der Waals surface area contributed by atoms with Gasteiger partial charge in [-0.05, 0) is 136 Å². The molecule has 4 atom stereocenters. The zero-order valence-electron chi connectivity index (χ0n) is 32.6. The summed E-state index contributed by atoms with van der Waals surface area (Å²) in [5, 5.41) is 91.4. The zero-order valence-corrected chi connectivity index (χ0v) is 45.5. The van der Waals surface area contributed by atoms with Crippen LogP contribution in [0.25, 0.3) is 0 Å². The Morgan fingerprint density at radius 2 is 0.645 bits per heavy atom. The molecule has 8 amide bonds. The SMILES string of the molecule is CN(CCN(C)C(=O)Nc1c(I)c(C(=O)NCC(O)CO)c(I)c(C(=O)NCC(O)CO)c1I)C(=O)Nc1c(I)c(C(=O)NCC(O)CO)c(I)c(C(=O)NCC(O)CO)c1I. The topological polar surface area (TPSA) is 343 Å². The lowest BCUT2D eigenvalue weighted by Gasteiger charge is -2.25. The van der Waals surface area contributed by atoms with Gasteiger partial charge in [-0.2, -0.15) is 0 Å². The lowest BCUT2D eigenvalue weighted by Crippen LogP contribution is -2.41. The first kappa shape index (κ1) is 57.0. The van der Waals surface area contributed by atoms with Crippen molar-refractivity contribution in [1.29, 1.82) is 0 Å². The molecule has 0 bridgehead atoms. The summed E-state index contributed by atoms with van der Waals surface area (Å²) in [6.07, 6.45) is -5.10. The summed E-state index contributed by atoms with van der Waals surface area (Å²) in [6.45, 7) is -3.99. The zero-order chi connectivity index (χ0) is 47.2. The number of nitrogens with one attached hydrogen (secondary N) is 6. The predicted octanol–water partition coefficient (Wildman–Crippen LogP) is -0.726. The van der Waals surface area contributed by atoms with Crippen molar-refractivity contribution in [3.05, 3.63) is 43.7 Å². The van der Waals surface area contributed by atoms with Gasteiger partial charge in [-0.15, -0.1) is 0 Å². The first-order chi connectivity index (χ1) is 29.1. The second-order valence-corrected chi connectivity index (χ2v) is 19.5. The molecule has 0 saturated heterocycles. The molecule has 2 aromatic carbocycles. The fraction of sp³-hybridized carbons (Fsp3) is 0.471. The van der Waals surface area contributed by atoms with E-state index in [1.165, 1.54) is 23.9 Å². The second-order valence-electron chi connectivity index (χ2n) is 13.0. The molecule has 0 radical (unpaired) electrons. The van der Waals surface area contributed by atoms with E-state index in [-0.39, 0.29) is 94.3 Å². The number of hydrogen-bond acceptors (Lipinski definition) is 14. The standard InChI is InChI=1S/C34H44I6N8O14/c1-47(33(61)45-27-23(37)17(29(57)41-5-13(53)9-49)21(35)18(24(27)38)30(58)42-6-14(54)10-50)3-4-48(2)34(62)46-28-25(39)19(31(59)43-7-15(55)11-51)22(36)20(26(28)40)32(60)44-8-16(56)12-52/h13-16,49-56H,3-12H2,1-2H3,(H,41,57)(H,42,58)(H,43,59)(H,44,60)(H,45,61)(H,46,62). The number of anilines is 2. The van der Waals surface area contributed by atoms with Crippen molar-refractivity contribution in [3.8, 4) is 0 Å². The molecule has 346 valence electrons. The monoisotopic (exact) mass is 1550 g/mol. The molecule has 0 aliphatic heterocycles. The molecule has 0 aliphatic rings. The van der Waals surface area contributed by atoms with E-state index in [0.717, 1.165) is 0 Å². The minimum Gasteiger partial charge on any atom is -0.394 e. The maximum atomic E-state index is 13.6. The summed E-state index contributed by atoms with van der Waals surface area (Å²) >= 11 is 10.9. The molecule has 2 rings (SSSR count). The number of amides is 8. The van der Waals surface area contributed by atoms with Gasteiger partial charge in [0.1, 0.15) is 0 Å². The third-order valence-electron chi connectivity index (χ3n) is 8.31. The van der Waals surface area contributed by atoms with Gasteiger partial charge in [0.2, 0.25) is 0 Å². The number of carbonyl (C=O) groups is 6. The van der Waals surface area contributed by atoms with Gasteiger partial charge in [0.15, 0.2) is 0 Å². The molecule has 22 nitrogen and oxygen atoms in total. The number of rotatable bonds is 21. The Kier molecular flexibility index (Phi) is 25.3. The molecule has 14 N–H and O–H groups in total. The molecule has 0 spiro atoms. The van der Waals surface area contributed by atoms with Crippen LogP contribution in [0.4, 0.5) is 21.0 Å². The molecule has 0 saturated carbocycles. The average molecular weight is 1550 g/mol. The number of halogens is 6. The van der Waals surface area contributed by atoms with E-state index in [1.807, 2.05) is 90.4 Å². The van der Waals surface area contributed by atoms with E-state index >= 15 is 0 Å². The van der Waals surface area contributed by atoms with Crippen molar-refractivity contribution in [3.63, 3.8) is 0 Å². The second kappa shape index (κ2) is 27.5. The average Bonchev–Trinajstić information content (AvgIpc) is 3.24. The summed E-state index contributed by atoms with van der Waals surface area (Å²) in [6, 6.07) is -1.43. The molecule has 28 heteroatoms. The number of carbonyl (C=O) groups excluding carboxylic acids is 6. The number of likely N-dealkylation sites (N-methyl/N-ethyl adjacent to an activating group) is 2. The van der Waals surface area contributed by atoms with Gasteiger partial charge in [0.05, 0.1) is 98.8 Å². The van der Waals surface area contributed by atoms with Crippen molar-refractivity contribution in [2.24, 2.45) is 0 Å². The Hall–Kier alpha value is -1.08. The van der Waals surface area contributed by atoms with Gasteiger partial charge >= 0.3 is 12.1 Å². The van der Waals surface area contributed by atoms with Crippen LogP contribution in [0.3, 0.4) is 0 Å². The van der Waals surface area contributed by atoms with E-state index in [9.17, 15) is 69.6 Å². The summed E-state index contributed by atoms with van der Waals surface area (Å²) in [5.41, 5.74) is -0.0171. The van der Waals surface area contributed by atoms with E-state index in [1.54, 1.807) is 45.2 Å². The fourth-order valence-electron chi connectivity index (χ4n) is 4.71. The highest BCUT2D eigenvalue weighted by atomic mass is 127. The van der Waals surface area contributed by atoms with Gasteiger partial charge < -0.3 is 82.6 Å². The third-order valence-corrected chi connectivity index (χ3v) is 14.8. The van der Waals surface area contributed by atoms with Crippen molar-refractivity contribution in [2.45, 2.75) is 24.4 Å². The molecule has 0 aromatic heterocycles. The fourth-order valence-corrected chi connectivity index (χ4v) is 13.5. The van der Waals surface area contributed by atoms with E-state index in [0.29, 0.717) is 0 Å². The van der Waals surface area contributed by atoms with Crippen LogP contribution in [0.5, 0.6) is 0 Å². The lowest BCUT2D eigenvalue weighted by molar-refractivity contribution is 0.0792. The largest absolute Gasteiger partial charge is 0.394 e. The molecule has 4 unspecified atom stereocenters. The van der Waals surface area contributed by atoms with Crippen LogP contribution >= 0.6 is 136 Å². The molecule has 62 heavy (non-hydrogen) atoms. The van der Waals surface area contributed by atoms with Crippen LogP contribution < -0.4 is 31.9 Å². The summed E-state index contributed by atoms with van der Waals surface area (Å²) in [4.78, 5) is 83.2. The van der Waals surface area contributed by atoms with Crippen LogP contribution in [0.2, 0.25) is 0 Å². The van der Waals surface area contributed by atoms with Crippen LogP contribution in [0.1, 0.15) is 41.4 Å². The molecule has 0 heterocycles. The van der Waals surface area contributed by atoms with Crippen LogP contribution in [-0.2, 0) is 0 Å². The minimum atomic E-state index is -1.28. The van der Waals surface area contributed by atoms with Crippen LogP contribution in [-0.4, -0.2) is 191 Å². The van der Waals surface area contributed by atoms with Crippen molar-refractivity contribution < 1.29 is 69.6 Å². The molecule has 0 aliphatic carbocycles. The van der Waals surface area contributed by atoms with Gasteiger partial charge in [-0.3, -0.25) is 19.2 Å². The Bertz CT molecular complexity index is 1740. The highest BCUT2D eigenvalue weighted by molar-refractivity contribution is 14.1. The van der Waals surface area contributed by atoms with Crippen molar-refractivity contribution in [1.82, 2.24) is 31.1 Å². The third kappa shape index (κ3) is 15.8. The lowest BCUT2D eigenvalue weighted by atomic mass is 10.1. The van der Waals surface area contributed by atoms with E-state index in [2.05, 4.69) is 31.9 Å². The van der Waals surface area contributed by atoms with Crippen LogP contribution in [0.15, 0.2) is 0 Å².